The first-order chi connectivity index (χ1) is 10.7. The highest BCUT2D eigenvalue weighted by atomic mass is 16.2. The molecule has 128 valence electrons. The van der Waals surface area contributed by atoms with Crippen LogP contribution in [-0.2, 0) is 23.2 Å². The third-order valence-electron chi connectivity index (χ3n) is 4.09. The predicted octanol–water partition coefficient (Wildman–Crippen LogP) is 1.81. The molecule has 0 aromatic carbocycles. The van der Waals surface area contributed by atoms with Gasteiger partial charge in [-0.25, -0.2) is 0 Å². The molecule has 2 rings (SSSR count). The molecule has 2 heterocycles. The minimum absolute atomic E-state index is 0.0219. The number of rotatable bonds is 4. The van der Waals surface area contributed by atoms with Crippen molar-refractivity contribution in [2.24, 2.45) is 12.5 Å². The maximum atomic E-state index is 12.7. The molecule has 6 nitrogen and oxygen atoms in total. The number of carbonyl (C=O) groups is 2. The molecule has 1 aromatic rings. The van der Waals surface area contributed by atoms with Crippen molar-refractivity contribution in [1.82, 2.24) is 19.6 Å². The van der Waals surface area contributed by atoms with Crippen LogP contribution in [0, 0.1) is 5.41 Å². The van der Waals surface area contributed by atoms with Crippen LogP contribution in [0.3, 0.4) is 0 Å². The Kier molecular flexibility index (Phi) is 5.12. The van der Waals surface area contributed by atoms with Crippen LogP contribution < -0.4 is 0 Å². The van der Waals surface area contributed by atoms with Gasteiger partial charge in [0.2, 0.25) is 11.8 Å². The number of aryl methyl sites for hydroxylation is 1. The Labute approximate surface area is 138 Å². The number of hydrogen-bond acceptors (Lipinski definition) is 3. The van der Waals surface area contributed by atoms with Gasteiger partial charge in [0.1, 0.15) is 6.04 Å². The topological polar surface area (TPSA) is 58.4 Å². The van der Waals surface area contributed by atoms with Crippen molar-refractivity contribution >= 4 is 11.8 Å². The summed E-state index contributed by atoms with van der Waals surface area (Å²) in [6.07, 6.45) is 5.80. The first-order valence-electron chi connectivity index (χ1n) is 8.19. The van der Waals surface area contributed by atoms with Crippen LogP contribution in [0.25, 0.3) is 0 Å². The summed E-state index contributed by atoms with van der Waals surface area (Å²) in [5.74, 6) is 0.108. The third kappa shape index (κ3) is 4.56. The zero-order chi connectivity index (χ0) is 17.2. The van der Waals surface area contributed by atoms with Gasteiger partial charge < -0.3 is 9.80 Å². The number of carbonyl (C=O) groups excluding carboxylic acids is 2. The Hall–Kier alpha value is -1.85. The van der Waals surface area contributed by atoms with E-state index in [1.54, 1.807) is 27.7 Å². The van der Waals surface area contributed by atoms with Crippen LogP contribution in [-0.4, -0.2) is 51.0 Å². The van der Waals surface area contributed by atoms with Gasteiger partial charge in [0.25, 0.3) is 0 Å². The Bertz CT molecular complexity index is 573. The average Bonchev–Trinajstić information content (AvgIpc) is 3.04. The fraction of sp³-hybridized carbons (Fsp3) is 0.706. The van der Waals surface area contributed by atoms with Crippen molar-refractivity contribution in [3.63, 3.8) is 0 Å². The van der Waals surface area contributed by atoms with E-state index in [4.69, 9.17) is 0 Å². The maximum absolute atomic E-state index is 12.7. The molecule has 1 saturated heterocycles. The van der Waals surface area contributed by atoms with E-state index in [0.717, 1.165) is 18.4 Å². The average molecular weight is 320 g/mol. The van der Waals surface area contributed by atoms with Crippen molar-refractivity contribution in [2.75, 3.05) is 13.6 Å². The fourth-order valence-corrected chi connectivity index (χ4v) is 3.04. The van der Waals surface area contributed by atoms with Crippen LogP contribution in [0.2, 0.25) is 0 Å². The lowest BCUT2D eigenvalue weighted by Gasteiger charge is -2.30. The second-order valence-corrected chi connectivity index (χ2v) is 7.70. The Morgan fingerprint density at radius 2 is 2.09 bits per heavy atom. The number of hydrogen-bond donors (Lipinski definition) is 0. The Morgan fingerprint density at radius 1 is 1.39 bits per heavy atom. The summed E-state index contributed by atoms with van der Waals surface area (Å²) >= 11 is 0. The zero-order valence-electron chi connectivity index (χ0n) is 14.9. The Balaban J connectivity index is 2.00. The van der Waals surface area contributed by atoms with Crippen molar-refractivity contribution in [3.8, 4) is 0 Å². The molecule has 1 aliphatic rings. The number of amides is 2. The fourth-order valence-electron chi connectivity index (χ4n) is 3.04. The molecular weight excluding hydrogens is 292 g/mol. The number of nitrogens with zero attached hydrogens (tertiary/aromatic N) is 4. The van der Waals surface area contributed by atoms with E-state index in [0.29, 0.717) is 19.5 Å². The molecule has 1 aromatic heterocycles. The number of likely N-dealkylation sites (N-methyl/N-ethyl adjacent to an activating group) is 1. The van der Waals surface area contributed by atoms with Gasteiger partial charge in [0.05, 0.1) is 6.20 Å². The van der Waals surface area contributed by atoms with Gasteiger partial charge in [0.15, 0.2) is 0 Å². The molecule has 2 amide bonds. The van der Waals surface area contributed by atoms with E-state index in [9.17, 15) is 9.59 Å². The second kappa shape index (κ2) is 6.72. The summed E-state index contributed by atoms with van der Waals surface area (Å²) in [5, 5.41) is 4.12. The van der Waals surface area contributed by atoms with Crippen molar-refractivity contribution in [1.29, 1.82) is 0 Å². The first-order valence-corrected chi connectivity index (χ1v) is 8.19. The highest BCUT2D eigenvalue weighted by molar-refractivity contribution is 5.88. The molecule has 1 unspecified atom stereocenters. The van der Waals surface area contributed by atoms with Crippen LogP contribution in [0.5, 0.6) is 0 Å². The Morgan fingerprint density at radius 3 is 2.65 bits per heavy atom. The molecule has 23 heavy (non-hydrogen) atoms. The van der Waals surface area contributed by atoms with E-state index in [-0.39, 0.29) is 23.3 Å². The molecule has 0 bridgehead atoms. The normalized spacial score (nSPS) is 18.3. The molecule has 1 atom stereocenters. The van der Waals surface area contributed by atoms with Crippen molar-refractivity contribution in [2.45, 2.75) is 52.6 Å². The SMILES string of the molecule is CN(Cc1cnn(C)c1)C(=O)C1CCCN1C(=O)CC(C)(C)C. The molecular formula is C17H28N4O2. The molecule has 6 heteroatoms. The molecule has 0 saturated carbocycles. The summed E-state index contributed by atoms with van der Waals surface area (Å²) in [5.41, 5.74) is 0.934. The van der Waals surface area contributed by atoms with E-state index in [2.05, 4.69) is 5.10 Å². The monoisotopic (exact) mass is 320 g/mol. The molecule has 0 spiro atoms. The van der Waals surface area contributed by atoms with Gasteiger partial charge in [-0.15, -0.1) is 0 Å². The van der Waals surface area contributed by atoms with Gasteiger partial charge in [-0.3, -0.25) is 14.3 Å². The lowest BCUT2D eigenvalue weighted by atomic mass is 9.91. The van der Waals surface area contributed by atoms with Gasteiger partial charge in [-0.05, 0) is 18.3 Å². The van der Waals surface area contributed by atoms with Crippen LogP contribution >= 0.6 is 0 Å². The molecule has 0 aliphatic carbocycles. The van der Waals surface area contributed by atoms with Gasteiger partial charge in [0, 0.05) is 45.4 Å². The standard InChI is InChI=1S/C17H28N4O2/c1-17(2,3)9-15(22)21-8-6-7-14(21)16(23)19(4)11-13-10-18-20(5)12-13/h10,12,14H,6-9,11H2,1-5H3. The van der Waals surface area contributed by atoms with Crippen molar-refractivity contribution in [3.05, 3.63) is 18.0 Å². The molecule has 1 aliphatic heterocycles. The van der Waals surface area contributed by atoms with Gasteiger partial charge >= 0.3 is 0 Å². The van der Waals surface area contributed by atoms with Gasteiger partial charge in [-0.2, -0.15) is 5.10 Å². The van der Waals surface area contributed by atoms with Crippen LogP contribution in [0.1, 0.15) is 45.6 Å². The lowest BCUT2D eigenvalue weighted by molar-refractivity contribution is -0.144. The largest absolute Gasteiger partial charge is 0.340 e. The molecule has 0 radical (unpaired) electrons. The summed E-state index contributed by atoms with van der Waals surface area (Å²) in [6, 6.07) is -0.313. The zero-order valence-corrected chi connectivity index (χ0v) is 14.9. The highest BCUT2D eigenvalue weighted by Gasteiger charge is 2.36. The summed E-state index contributed by atoms with van der Waals surface area (Å²) in [6.45, 7) is 7.35. The molecule has 0 N–H and O–H groups in total. The maximum Gasteiger partial charge on any atom is 0.245 e. The smallest absolute Gasteiger partial charge is 0.245 e. The lowest BCUT2D eigenvalue weighted by Crippen LogP contribution is -2.47. The van der Waals surface area contributed by atoms with E-state index in [1.807, 2.05) is 34.0 Å². The van der Waals surface area contributed by atoms with Crippen LogP contribution in [0.4, 0.5) is 0 Å². The number of aromatic nitrogens is 2. The summed E-state index contributed by atoms with van der Waals surface area (Å²) < 4.78 is 1.72. The second-order valence-electron chi connectivity index (χ2n) is 7.70. The summed E-state index contributed by atoms with van der Waals surface area (Å²) in [7, 11) is 3.65. The predicted molar refractivity (Wildman–Crippen MR) is 88.5 cm³/mol. The minimum atomic E-state index is -0.313. The number of likely N-dealkylation sites (tertiary alicyclic amines) is 1. The van der Waals surface area contributed by atoms with Gasteiger partial charge in [-0.1, -0.05) is 20.8 Å². The summed E-state index contributed by atoms with van der Waals surface area (Å²) in [4.78, 5) is 28.7. The van der Waals surface area contributed by atoms with E-state index >= 15 is 0 Å². The van der Waals surface area contributed by atoms with Crippen molar-refractivity contribution < 1.29 is 9.59 Å². The van der Waals surface area contributed by atoms with Crippen LogP contribution in [0.15, 0.2) is 12.4 Å². The highest BCUT2D eigenvalue weighted by Crippen LogP contribution is 2.25. The third-order valence-corrected chi connectivity index (χ3v) is 4.09. The minimum Gasteiger partial charge on any atom is -0.340 e. The van der Waals surface area contributed by atoms with E-state index < -0.39 is 0 Å². The first kappa shape index (κ1) is 17.5. The quantitative estimate of drug-likeness (QED) is 0.850. The van der Waals surface area contributed by atoms with E-state index in [1.165, 1.54) is 0 Å². The molecule has 1 fully saturated rings.